The molecule has 0 saturated heterocycles. The van der Waals surface area contributed by atoms with Crippen LogP contribution in [0.2, 0.25) is 5.02 Å². The van der Waals surface area contributed by atoms with Gasteiger partial charge in [0.05, 0.1) is 11.9 Å². The van der Waals surface area contributed by atoms with Crippen molar-refractivity contribution < 1.29 is 18.0 Å². The number of anilines is 1. The van der Waals surface area contributed by atoms with Gasteiger partial charge in [-0.2, -0.15) is 0 Å². The van der Waals surface area contributed by atoms with Crippen molar-refractivity contribution in [3.63, 3.8) is 0 Å². The third kappa shape index (κ3) is 7.45. The van der Waals surface area contributed by atoms with Gasteiger partial charge in [0, 0.05) is 17.6 Å². The lowest BCUT2D eigenvalue weighted by Gasteiger charge is -2.32. The topological polar surface area (TPSA) is 86.8 Å². The van der Waals surface area contributed by atoms with Gasteiger partial charge in [0.25, 0.3) is 0 Å². The molecule has 190 valence electrons. The lowest BCUT2D eigenvalue weighted by atomic mass is 10.1. The van der Waals surface area contributed by atoms with Crippen LogP contribution in [-0.2, 0) is 32.6 Å². The molecule has 1 N–H and O–H groups in total. The Morgan fingerprint density at radius 3 is 2.14 bits per heavy atom. The number of hydrogen-bond acceptors (Lipinski definition) is 4. The molecule has 0 bridgehead atoms. The number of aryl methyl sites for hydroxylation is 1. The van der Waals surface area contributed by atoms with Gasteiger partial charge in [-0.3, -0.25) is 13.9 Å². The van der Waals surface area contributed by atoms with Crippen molar-refractivity contribution >= 4 is 39.1 Å². The number of carbonyl (C=O) groups excluding carboxylic acids is 2. The summed E-state index contributed by atoms with van der Waals surface area (Å²) >= 11 is 6.01. The molecule has 0 spiro atoms. The van der Waals surface area contributed by atoms with E-state index in [1.165, 1.54) is 4.90 Å². The van der Waals surface area contributed by atoms with Crippen LogP contribution >= 0.6 is 11.6 Å². The first-order valence-electron chi connectivity index (χ1n) is 12.0. The monoisotopic (exact) mass is 519 g/mol. The van der Waals surface area contributed by atoms with E-state index in [4.69, 9.17) is 11.6 Å². The summed E-state index contributed by atoms with van der Waals surface area (Å²) in [6, 6.07) is 13.5. The Labute approximate surface area is 213 Å². The number of sulfonamides is 1. The maximum atomic E-state index is 13.6. The van der Waals surface area contributed by atoms with Crippen LogP contribution in [0.15, 0.2) is 48.5 Å². The lowest BCUT2D eigenvalue weighted by molar-refractivity contribution is -0.139. The minimum absolute atomic E-state index is 0.113. The second kappa shape index (κ2) is 11.9. The predicted molar refractivity (Wildman–Crippen MR) is 140 cm³/mol. The number of hydrogen-bond donors (Lipinski definition) is 1. The summed E-state index contributed by atoms with van der Waals surface area (Å²) in [7, 11) is -3.74. The molecule has 1 fully saturated rings. The van der Waals surface area contributed by atoms with E-state index in [1.54, 1.807) is 43.3 Å². The highest BCUT2D eigenvalue weighted by molar-refractivity contribution is 7.92. The molecule has 1 aliphatic carbocycles. The summed E-state index contributed by atoms with van der Waals surface area (Å²) in [4.78, 5) is 28.1. The molecule has 2 aromatic rings. The Morgan fingerprint density at radius 2 is 1.60 bits per heavy atom. The van der Waals surface area contributed by atoms with Crippen molar-refractivity contribution in [3.05, 3.63) is 64.7 Å². The number of nitrogens with one attached hydrogen (secondary N) is 1. The summed E-state index contributed by atoms with van der Waals surface area (Å²) in [5.41, 5.74) is 2.27. The molecule has 1 aliphatic rings. The van der Waals surface area contributed by atoms with Crippen LogP contribution < -0.4 is 9.62 Å². The molecule has 0 heterocycles. The van der Waals surface area contributed by atoms with Crippen LogP contribution in [0.25, 0.3) is 0 Å². The Morgan fingerprint density at radius 1 is 1.03 bits per heavy atom. The zero-order valence-corrected chi connectivity index (χ0v) is 22.1. The number of nitrogens with zero attached hydrogens (tertiary/aromatic N) is 2. The molecule has 0 radical (unpaired) electrons. The number of benzene rings is 2. The van der Waals surface area contributed by atoms with E-state index in [9.17, 15) is 18.0 Å². The maximum Gasteiger partial charge on any atom is 0.244 e. The fraction of sp³-hybridized carbons (Fsp3) is 0.462. The molecule has 3 rings (SSSR count). The highest BCUT2D eigenvalue weighted by Crippen LogP contribution is 2.21. The predicted octanol–water partition coefficient (Wildman–Crippen LogP) is 4.14. The van der Waals surface area contributed by atoms with E-state index in [2.05, 4.69) is 5.32 Å². The first-order valence-corrected chi connectivity index (χ1v) is 14.2. The molecule has 1 saturated carbocycles. The fourth-order valence-corrected chi connectivity index (χ4v) is 5.25. The minimum atomic E-state index is -3.74. The quantitative estimate of drug-likeness (QED) is 0.511. The molecule has 35 heavy (non-hydrogen) atoms. The van der Waals surface area contributed by atoms with Gasteiger partial charge in [-0.05, 0) is 61.6 Å². The average molecular weight is 520 g/mol. The largest absolute Gasteiger partial charge is 0.352 e. The van der Waals surface area contributed by atoms with Crippen LogP contribution in [-0.4, -0.2) is 50.0 Å². The third-order valence-corrected chi connectivity index (χ3v) is 7.84. The molecule has 0 unspecified atom stereocenters. The van der Waals surface area contributed by atoms with E-state index in [0.717, 1.165) is 53.8 Å². The van der Waals surface area contributed by atoms with E-state index in [1.807, 2.05) is 19.1 Å². The van der Waals surface area contributed by atoms with Gasteiger partial charge >= 0.3 is 0 Å². The molecule has 0 aliphatic heterocycles. The van der Waals surface area contributed by atoms with Crippen molar-refractivity contribution in [2.24, 2.45) is 0 Å². The summed E-state index contributed by atoms with van der Waals surface area (Å²) in [5.74, 6) is -0.698. The van der Waals surface area contributed by atoms with Crippen LogP contribution in [0.4, 0.5) is 5.69 Å². The smallest absolute Gasteiger partial charge is 0.244 e. The summed E-state index contributed by atoms with van der Waals surface area (Å²) in [6.45, 7) is 3.44. The van der Waals surface area contributed by atoms with E-state index < -0.39 is 28.5 Å². The average Bonchev–Trinajstić information content (AvgIpc) is 3.34. The zero-order chi connectivity index (χ0) is 25.6. The Bertz CT molecular complexity index is 1110. The van der Waals surface area contributed by atoms with Crippen molar-refractivity contribution in [2.75, 3.05) is 17.1 Å². The molecule has 1 atom stereocenters. The highest BCUT2D eigenvalue weighted by atomic mass is 35.5. The number of halogens is 1. The Kier molecular flexibility index (Phi) is 9.19. The first-order chi connectivity index (χ1) is 16.6. The lowest BCUT2D eigenvalue weighted by Crippen LogP contribution is -2.52. The summed E-state index contributed by atoms with van der Waals surface area (Å²) < 4.78 is 26.4. The molecular weight excluding hydrogens is 486 g/mol. The van der Waals surface area contributed by atoms with Crippen molar-refractivity contribution in [1.29, 1.82) is 0 Å². The van der Waals surface area contributed by atoms with Gasteiger partial charge in [-0.15, -0.1) is 0 Å². The standard InChI is InChI=1S/C26H34ClN3O4S/c1-4-20-11-15-24(16-12-20)30(35(3,33)34)18-25(31)29(17-21-9-13-22(27)14-10-21)19(2)26(32)28-23-7-5-6-8-23/h9-16,19,23H,4-8,17-18H2,1-3H3,(H,28,32)/t19-/m0/s1. The molecule has 9 heteroatoms. The van der Waals surface area contributed by atoms with E-state index in [-0.39, 0.29) is 18.5 Å². The number of amides is 2. The van der Waals surface area contributed by atoms with Crippen LogP contribution in [0.5, 0.6) is 0 Å². The fourth-order valence-electron chi connectivity index (χ4n) is 4.27. The molecule has 7 nitrogen and oxygen atoms in total. The molecule has 2 amide bonds. The van der Waals surface area contributed by atoms with Gasteiger partial charge in [-0.25, -0.2) is 8.42 Å². The van der Waals surface area contributed by atoms with E-state index >= 15 is 0 Å². The third-order valence-electron chi connectivity index (χ3n) is 6.45. The summed E-state index contributed by atoms with van der Waals surface area (Å²) in [6.07, 6.45) is 5.91. The molecule has 2 aromatic carbocycles. The Balaban J connectivity index is 1.86. The van der Waals surface area contributed by atoms with Gasteiger partial charge in [-0.1, -0.05) is 55.6 Å². The highest BCUT2D eigenvalue weighted by Gasteiger charge is 2.31. The van der Waals surface area contributed by atoms with E-state index in [0.29, 0.717) is 10.7 Å². The Hall–Kier alpha value is -2.58. The normalized spacial score (nSPS) is 15.0. The van der Waals surface area contributed by atoms with Gasteiger partial charge in [0.15, 0.2) is 0 Å². The molecular formula is C26H34ClN3O4S. The van der Waals surface area contributed by atoms with Crippen LogP contribution in [0.1, 0.15) is 50.7 Å². The van der Waals surface area contributed by atoms with Gasteiger partial charge in [0.1, 0.15) is 12.6 Å². The minimum Gasteiger partial charge on any atom is -0.352 e. The zero-order valence-electron chi connectivity index (χ0n) is 20.5. The van der Waals surface area contributed by atoms with Crippen LogP contribution in [0, 0.1) is 0 Å². The SMILES string of the molecule is CCc1ccc(N(CC(=O)N(Cc2ccc(Cl)cc2)[C@@H](C)C(=O)NC2CCCC2)S(C)(=O)=O)cc1. The molecule has 0 aromatic heterocycles. The number of rotatable bonds is 10. The van der Waals surface area contributed by atoms with Gasteiger partial charge in [0.2, 0.25) is 21.8 Å². The maximum absolute atomic E-state index is 13.6. The van der Waals surface area contributed by atoms with Crippen molar-refractivity contribution in [2.45, 2.75) is 64.6 Å². The first kappa shape index (κ1) is 27.0. The van der Waals surface area contributed by atoms with Gasteiger partial charge < -0.3 is 10.2 Å². The van der Waals surface area contributed by atoms with Crippen molar-refractivity contribution in [1.82, 2.24) is 10.2 Å². The van der Waals surface area contributed by atoms with Crippen LogP contribution in [0.3, 0.4) is 0 Å². The number of carbonyl (C=O) groups is 2. The second-order valence-electron chi connectivity index (χ2n) is 9.10. The second-order valence-corrected chi connectivity index (χ2v) is 11.4. The van der Waals surface area contributed by atoms with Crippen molar-refractivity contribution in [3.8, 4) is 0 Å². The summed E-state index contributed by atoms with van der Waals surface area (Å²) in [5, 5.41) is 3.62.